The maximum absolute atomic E-state index is 13.3. The van der Waals surface area contributed by atoms with Crippen LogP contribution in [0.1, 0.15) is 16.7 Å². The number of anilines is 1. The zero-order chi connectivity index (χ0) is 29.4. The van der Waals surface area contributed by atoms with E-state index in [1.54, 1.807) is 30.3 Å². The summed E-state index contributed by atoms with van der Waals surface area (Å²) in [6.07, 6.45) is -3.41. The van der Waals surface area contributed by atoms with Crippen LogP contribution >= 0.6 is 0 Å². The molecule has 208 valence electrons. The number of aromatic nitrogens is 1. The Hall–Kier alpha value is -4.90. The van der Waals surface area contributed by atoms with Gasteiger partial charge in [0.15, 0.2) is 0 Å². The van der Waals surface area contributed by atoms with Crippen LogP contribution in [0, 0.1) is 6.92 Å². The molecule has 0 aliphatic heterocycles. The average molecular weight is 578 g/mol. The molecular weight excluding hydrogens is 555 g/mol. The van der Waals surface area contributed by atoms with E-state index >= 15 is 0 Å². The van der Waals surface area contributed by atoms with Crippen LogP contribution in [0.4, 0.5) is 18.9 Å². The molecule has 1 aromatic heterocycles. The van der Waals surface area contributed by atoms with E-state index < -0.39 is 33.0 Å². The first-order valence-electron chi connectivity index (χ1n) is 12.2. The SMILES string of the molecule is Cc1ccc(S(=O)(=O)c2ccc(NN=Cc3c(O)n(-c4cccc(C(F)(F)F)c4)c(=O)c4ccccc34)cc2)cc1. The number of sulfone groups is 1. The zero-order valence-electron chi connectivity index (χ0n) is 21.4. The fourth-order valence-electron chi connectivity index (χ4n) is 4.28. The molecule has 5 aromatic rings. The van der Waals surface area contributed by atoms with Crippen LogP contribution in [0.25, 0.3) is 16.5 Å². The van der Waals surface area contributed by atoms with E-state index in [0.717, 1.165) is 28.3 Å². The van der Waals surface area contributed by atoms with Crippen molar-refractivity contribution >= 4 is 32.5 Å². The highest BCUT2D eigenvalue weighted by atomic mass is 32.2. The summed E-state index contributed by atoms with van der Waals surface area (Å²) in [5.74, 6) is -0.599. The number of hydrogen-bond acceptors (Lipinski definition) is 6. The number of aryl methyl sites for hydroxylation is 1. The quantitative estimate of drug-likeness (QED) is 0.182. The number of pyridine rings is 1. The van der Waals surface area contributed by atoms with E-state index in [4.69, 9.17) is 0 Å². The second-order valence-electron chi connectivity index (χ2n) is 9.18. The van der Waals surface area contributed by atoms with Gasteiger partial charge in [-0.15, -0.1) is 0 Å². The maximum atomic E-state index is 13.3. The average Bonchev–Trinajstić information content (AvgIpc) is 2.95. The van der Waals surface area contributed by atoms with Crippen molar-refractivity contribution in [3.63, 3.8) is 0 Å². The van der Waals surface area contributed by atoms with Crippen molar-refractivity contribution < 1.29 is 26.7 Å². The topological polar surface area (TPSA) is 101 Å². The summed E-state index contributed by atoms with van der Waals surface area (Å²) >= 11 is 0. The summed E-state index contributed by atoms with van der Waals surface area (Å²) in [5.41, 5.74) is 2.35. The minimum absolute atomic E-state index is 0.0867. The molecule has 0 bridgehead atoms. The fraction of sp³-hybridized carbons (Fsp3) is 0.0667. The van der Waals surface area contributed by atoms with Crippen molar-refractivity contribution in [3.8, 4) is 11.6 Å². The molecule has 0 spiro atoms. The Morgan fingerprint density at radius 1 is 0.854 bits per heavy atom. The zero-order valence-corrected chi connectivity index (χ0v) is 22.2. The van der Waals surface area contributed by atoms with Crippen LogP contribution in [0.3, 0.4) is 0 Å². The van der Waals surface area contributed by atoms with Crippen molar-refractivity contribution in [2.24, 2.45) is 5.10 Å². The molecule has 2 N–H and O–H groups in total. The van der Waals surface area contributed by atoms with Crippen LogP contribution in [0.15, 0.2) is 117 Å². The third-order valence-electron chi connectivity index (χ3n) is 6.42. The lowest BCUT2D eigenvalue weighted by atomic mass is 10.1. The molecular formula is C30H22F3N3O4S. The number of fused-ring (bicyclic) bond motifs is 1. The highest BCUT2D eigenvalue weighted by Gasteiger charge is 2.31. The number of nitrogens with zero attached hydrogens (tertiary/aromatic N) is 2. The van der Waals surface area contributed by atoms with Gasteiger partial charge < -0.3 is 5.11 Å². The summed E-state index contributed by atoms with van der Waals surface area (Å²) in [5, 5.41) is 15.7. The summed E-state index contributed by atoms with van der Waals surface area (Å²) < 4.78 is 66.6. The van der Waals surface area contributed by atoms with Crippen molar-refractivity contribution in [1.29, 1.82) is 0 Å². The predicted molar refractivity (Wildman–Crippen MR) is 151 cm³/mol. The van der Waals surface area contributed by atoms with E-state index in [9.17, 15) is 31.5 Å². The molecule has 0 atom stereocenters. The van der Waals surface area contributed by atoms with E-state index in [-0.39, 0.29) is 26.4 Å². The Balaban J connectivity index is 1.48. The third-order valence-corrected chi connectivity index (χ3v) is 8.20. The van der Waals surface area contributed by atoms with E-state index in [0.29, 0.717) is 11.1 Å². The molecule has 11 heteroatoms. The smallest absolute Gasteiger partial charge is 0.416 e. The summed E-state index contributed by atoms with van der Waals surface area (Å²) in [6.45, 7) is 1.86. The van der Waals surface area contributed by atoms with Crippen LogP contribution in [-0.4, -0.2) is 24.3 Å². The molecule has 0 amide bonds. The normalized spacial score (nSPS) is 12.2. The third kappa shape index (κ3) is 5.44. The summed E-state index contributed by atoms with van der Waals surface area (Å²) in [7, 11) is -3.72. The van der Waals surface area contributed by atoms with E-state index in [1.807, 2.05) is 6.92 Å². The van der Waals surface area contributed by atoms with Crippen LogP contribution in [0.2, 0.25) is 0 Å². The summed E-state index contributed by atoms with van der Waals surface area (Å²) in [6, 6.07) is 22.8. The number of benzene rings is 4. The maximum Gasteiger partial charge on any atom is 0.416 e. The number of rotatable bonds is 6. The minimum atomic E-state index is -4.64. The number of nitrogens with one attached hydrogen (secondary N) is 1. The Bertz CT molecular complexity index is 1950. The molecule has 0 fully saturated rings. The Kier molecular flexibility index (Phi) is 7.14. The van der Waals surface area contributed by atoms with Gasteiger partial charge in [-0.2, -0.15) is 18.3 Å². The van der Waals surface area contributed by atoms with Crippen molar-refractivity contribution in [3.05, 3.63) is 124 Å². The first-order chi connectivity index (χ1) is 19.5. The van der Waals surface area contributed by atoms with Crippen LogP contribution < -0.4 is 11.0 Å². The van der Waals surface area contributed by atoms with Gasteiger partial charge in [0.25, 0.3) is 5.56 Å². The number of hydrogen-bond donors (Lipinski definition) is 2. The highest BCUT2D eigenvalue weighted by molar-refractivity contribution is 7.91. The second-order valence-corrected chi connectivity index (χ2v) is 11.1. The standard InChI is InChI=1S/C30H22F3N3O4S/c1-19-9-13-23(14-10-19)41(39,40)24-15-11-21(12-16-24)35-34-18-27-25-7-2-3-8-26(25)28(37)36(29(27)38)22-6-4-5-20(17-22)30(31,32)33/h2-18,35,38H,1H3. The van der Waals surface area contributed by atoms with Gasteiger partial charge in [-0.1, -0.05) is 42.0 Å². The van der Waals surface area contributed by atoms with Crippen LogP contribution in [0.5, 0.6) is 5.88 Å². The molecule has 0 saturated heterocycles. The number of alkyl halides is 3. The summed E-state index contributed by atoms with van der Waals surface area (Å²) in [4.78, 5) is 13.5. The minimum Gasteiger partial charge on any atom is -0.494 e. The molecule has 1 heterocycles. The predicted octanol–water partition coefficient (Wildman–Crippen LogP) is 6.30. The van der Waals surface area contributed by atoms with Gasteiger partial charge in [-0.3, -0.25) is 10.2 Å². The number of aromatic hydroxyl groups is 1. The van der Waals surface area contributed by atoms with Crippen molar-refractivity contribution in [1.82, 2.24) is 4.57 Å². The molecule has 0 radical (unpaired) electrons. The van der Waals surface area contributed by atoms with Gasteiger partial charge in [0.05, 0.1) is 38.5 Å². The molecule has 41 heavy (non-hydrogen) atoms. The number of halogens is 3. The van der Waals surface area contributed by atoms with E-state index in [2.05, 4.69) is 10.5 Å². The first-order valence-corrected chi connectivity index (χ1v) is 13.7. The van der Waals surface area contributed by atoms with Gasteiger partial charge >= 0.3 is 6.18 Å². The van der Waals surface area contributed by atoms with Crippen molar-refractivity contribution in [2.45, 2.75) is 22.9 Å². The number of hydrazone groups is 1. The van der Waals surface area contributed by atoms with Gasteiger partial charge in [0.1, 0.15) is 0 Å². The van der Waals surface area contributed by atoms with Gasteiger partial charge in [0.2, 0.25) is 15.7 Å². The lowest BCUT2D eigenvalue weighted by Gasteiger charge is -2.15. The molecule has 4 aromatic carbocycles. The van der Waals surface area contributed by atoms with E-state index in [1.165, 1.54) is 54.7 Å². The second kappa shape index (κ2) is 10.6. The van der Waals surface area contributed by atoms with Gasteiger partial charge in [0, 0.05) is 10.8 Å². The molecule has 0 aliphatic rings. The molecule has 7 nitrogen and oxygen atoms in total. The molecule has 0 unspecified atom stereocenters. The largest absolute Gasteiger partial charge is 0.494 e. The van der Waals surface area contributed by atoms with Crippen LogP contribution in [-0.2, 0) is 16.0 Å². The Morgan fingerprint density at radius 3 is 2.10 bits per heavy atom. The highest BCUT2D eigenvalue weighted by Crippen LogP contribution is 2.32. The lowest BCUT2D eigenvalue weighted by molar-refractivity contribution is -0.137. The first kappa shape index (κ1) is 27.7. The lowest BCUT2D eigenvalue weighted by Crippen LogP contribution is -2.20. The van der Waals surface area contributed by atoms with Crippen molar-refractivity contribution in [2.75, 3.05) is 5.43 Å². The molecule has 0 saturated carbocycles. The van der Waals surface area contributed by atoms with Gasteiger partial charge in [-0.05, 0) is 67.6 Å². The Labute approximate surface area is 232 Å². The molecule has 0 aliphatic carbocycles. The molecule has 5 rings (SSSR count). The Morgan fingerprint density at radius 2 is 1.46 bits per heavy atom. The van der Waals surface area contributed by atoms with Gasteiger partial charge in [-0.25, -0.2) is 13.0 Å². The monoisotopic (exact) mass is 577 g/mol. The fourth-order valence-corrected chi connectivity index (χ4v) is 5.54.